The Balaban J connectivity index is 1.72. The number of ether oxygens (including phenoxy) is 2. The summed E-state index contributed by atoms with van der Waals surface area (Å²) in [5, 5.41) is 16.0. The van der Waals surface area contributed by atoms with Crippen LogP contribution in [0.3, 0.4) is 0 Å². The Kier molecular flexibility index (Phi) is 5.03. The van der Waals surface area contributed by atoms with Gasteiger partial charge >= 0.3 is 0 Å². The molecular formula is C17H24N2O4. The van der Waals surface area contributed by atoms with Crippen LogP contribution in [0.4, 0.5) is 0 Å². The van der Waals surface area contributed by atoms with Crippen molar-refractivity contribution in [3.05, 3.63) is 23.3 Å². The van der Waals surface area contributed by atoms with E-state index in [4.69, 9.17) is 9.47 Å². The summed E-state index contributed by atoms with van der Waals surface area (Å²) in [6, 6.07) is 3.65. The van der Waals surface area contributed by atoms with Gasteiger partial charge < -0.3 is 25.2 Å². The van der Waals surface area contributed by atoms with Crippen LogP contribution in [-0.2, 0) is 0 Å². The van der Waals surface area contributed by atoms with E-state index in [-0.39, 0.29) is 11.8 Å². The summed E-state index contributed by atoms with van der Waals surface area (Å²) < 4.78 is 11.5. The van der Waals surface area contributed by atoms with Gasteiger partial charge in [0.2, 0.25) is 0 Å². The van der Waals surface area contributed by atoms with E-state index in [1.807, 2.05) is 13.0 Å². The number of aliphatic hydroxyl groups is 1. The molecule has 2 heterocycles. The molecule has 6 heteroatoms. The second kappa shape index (κ2) is 7.19. The molecule has 1 unspecified atom stereocenters. The van der Waals surface area contributed by atoms with Crippen molar-refractivity contribution in [3.63, 3.8) is 0 Å². The number of amides is 1. The predicted molar refractivity (Wildman–Crippen MR) is 86.1 cm³/mol. The van der Waals surface area contributed by atoms with Crippen LogP contribution in [0.2, 0.25) is 0 Å². The van der Waals surface area contributed by atoms with Gasteiger partial charge in [-0.3, -0.25) is 4.79 Å². The molecule has 3 rings (SSSR count). The summed E-state index contributed by atoms with van der Waals surface area (Å²) in [6.07, 6.45) is 1.24. The van der Waals surface area contributed by atoms with Crippen molar-refractivity contribution >= 4 is 5.91 Å². The quantitative estimate of drug-likeness (QED) is 0.770. The standard InChI is InChI=1S/C17H24N2O4/c1-11-3-4-13(16-15(11)22-7-2-8-23-16)17(21)19-9-12-5-6-18-10-14(12)20/h3-4,12,14,18,20H,2,5-10H2,1H3,(H,19,21)/t12-,14?/m0/s1. The van der Waals surface area contributed by atoms with E-state index in [0.717, 1.165) is 24.9 Å². The Morgan fingerprint density at radius 1 is 1.35 bits per heavy atom. The number of carbonyl (C=O) groups excluding carboxylic acids is 1. The second-order valence-electron chi connectivity index (χ2n) is 6.17. The predicted octanol–water partition coefficient (Wildman–Crippen LogP) is 0.857. The van der Waals surface area contributed by atoms with Gasteiger partial charge in [-0.15, -0.1) is 0 Å². The van der Waals surface area contributed by atoms with Gasteiger partial charge in [-0.1, -0.05) is 6.07 Å². The van der Waals surface area contributed by atoms with Crippen LogP contribution in [0, 0.1) is 12.8 Å². The average Bonchev–Trinajstić information content (AvgIpc) is 2.81. The van der Waals surface area contributed by atoms with E-state index in [1.54, 1.807) is 6.07 Å². The highest BCUT2D eigenvalue weighted by Gasteiger charge is 2.25. The van der Waals surface area contributed by atoms with Gasteiger partial charge in [0.1, 0.15) is 0 Å². The number of carbonyl (C=O) groups is 1. The van der Waals surface area contributed by atoms with Gasteiger partial charge in [0, 0.05) is 25.4 Å². The third kappa shape index (κ3) is 3.59. The molecule has 0 aromatic heterocycles. The fraction of sp³-hybridized carbons (Fsp3) is 0.588. The third-order valence-electron chi connectivity index (χ3n) is 4.45. The Hall–Kier alpha value is -1.79. The lowest BCUT2D eigenvalue weighted by Gasteiger charge is -2.28. The maximum absolute atomic E-state index is 12.5. The monoisotopic (exact) mass is 320 g/mol. The molecule has 2 aliphatic rings. The minimum atomic E-state index is -0.418. The lowest BCUT2D eigenvalue weighted by atomic mass is 9.95. The van der Waals surface area contributed by atoms with Crippen molar-refractivity contribution in [3.8, 4) is 11.5 Å². The molecule has 0 spiro atoms. The summed E-state index contributed by atoms with van der Waals surface area (Å²) >= 11 is 0. The topological polar surface area (TPSA) is 79.8 Å². The maximum atomic E-state index is 12.5. The summed E-state index contributed by atoms with van der Waals surface area (Å²) in [4.78, 5) is 12.5. The Bertz CT molecular complexity index is 576. The van der Waals surface area contributed by atoms with Gasteiger partial charge in [0.05, 0.1) is 24.9 Å². The van der Waals surface area contributed by atoms with Crippen LogP contribution in [0.5, 0.6) is 11.5 Å². The smallest absolute Gasteiger partial charge is 0.255 e. The molecule has 1 fully saturated rings. The molecule has 3 N–H and O–H groups in total. The number of benzene rings is 1. The van der Waals surface area contributed by atoms with E-state index in [1.165, 1.54) is 0 Å². The van der Waals surface area contributed by atoms with E-state index in [9.17, 15) is 9.90 Å². The minimum Gasteiger partial charge on any atom is -0.489 e. The lowest BCUT2D eigenvalue weighted by molar-refractivity contribution is 0.0752. The molecule has 0 aliphatic carbocycles. The van der Waals surface area contributed by atoms with E-state index in [2.05, 4.69) is 10.6 Å². The SMILES string of the molecule is Cc1ccc(C(=O)NC[C@@H]2CCNCC2O)c2c1OCCCO2. The van der Waals surface area contributed by atoms with Gasteiger partial charge in [-0.2, -0.15) is 0 Å². The molecule has 23 heavy (non-hydrogen) atoms. The van der Waals surface area contributed by atoms with Gasteiger partial charge in [0.15, 0.2) is 11.5 Å². The zero-order valence-corrected chi connectivity index (χ0v) is 13.4. The largest absolute Gasteiger partial charge is 0.489 e. The molecule has 0 bridgehead atoms. The van der Waals surface area contributed by atoms with Gasteiger partial charge in [-0.25, -0.2) is 0 Å². The summed E-state index contributed by atoms with van der Waals surface area (Å²) in [5.41, 5.74) is 1.46. The van der Waals surface area contributed by atoms with Gasteiger partial charge in [-0.05, 0) is 31.5 Å². The van der Waals surface area contributed by atoms with Crippen LogP contribution in [0.1, 0.15) is 28.8 Å². The van der Waals surface area contributed by atoms with Crippen molar-refractivity contribution < 1.29 is 19.4 Å². The number of hydrogen-bond acceptors (Lipinski definition) is 5. The Labute approximate surface area is 136 Å². The highest BCUT2D eigenvalue weighted by atomic mass is 16.5. The number of β-amino-alcohol motifs (C(OH)–C–C–N with tert-alkyl or cyclic N) is 1. The van der Waals surface area contributed by atoms with Crippen LogP contribution in [-0.4, -0.2) is 50.0 Å². The first-order valence-corrected chi connectivity index (χ1v) is 8.23. The van der Waals surface area contributed by atoms with Crippen LogP contribution in [0.15, 0.2) is 12.1 Å². The highest BCUT2D eigenvalue weighted by Crippen LogP contribution is 2.36. The van der Waals surface area contributed by atoms with E-state index in [0.29, 0.717) is 43.4 Å². The van der Waals surface area contributed by atoms with Crippen LogP contribution >= 0.6 is 0 Å². The van der Waals surface area contributed by atoms with Crippen molar-refractivity contribution in [2.75, 3.05) is 32.8 Å². The molecule has 1 amide bonds. The normalized spacial score (nSPS) is 23.9. The van der Waals surface area contributed by atoms with E-state index >= 15 is 0 Å². The number of piperidine rings is 1. The summed E-state index contributed by atoms with van der Waals surface area (Å²) in [6.45, 7) is 5.00. The van der Waals surface area contributed by atoms with Gasteiger partial charge in [0.25, 0.3) is 5.91 Å². The number of fused-ring (bicyclic) bond motifs is 1. The lowest BCUT2D eigenvalue weighted by Crippen LogP contribution is -2.45. The molecule has 126 valence electrons. The zero-order valence-electron chi connectivity index (χ0n) is 13.4. The third-order valence-corrected chi connectivity index (χ3v) is 4.45. The number of aliphatic hydroxyl groups excluding tert-OH is 1. The first kappa shape index (κ1) is 16.1. The van der Waals surface area contributed by atoms with Crippen molar-refractivity contribution in [2.24, 2.45) is 5.92 Å². The molecule has 1 aromatic carbocycles. The van der Waals surface area contributed by atoms with Crippen molar-refractivity contribution in [2.45, 2.75) is 25.9 Å². The number of hydrogen-bond donors (Lipinski definition) is 3. The Morgan fingerprint density at radius 3 is 2.91 bits per heavy atom. The number of aryl methyl sites for hydroxylation is 1. The minimum absolute atomic E-state index is 0.0846. The number of rotatable bonds is 3. The first-order valence-electron chi connectivity index (χ1n) is 8.23. The molecule has 6 nitrogen and oxygen atoms in total. The molecule has 0 radical (unpaired) electrons. The van der Waals surface area contributed by atoms with Crippen molar-refractivity contribution in [1.29, 1.82) is 0 Å². The Morgan fingerprint density at radius 2 is 2.13 bits per heavy atom. The molecule has 1 aromatic rings. The van der Waals surface area contributed by atoms with E-state index < -0.39 is 6.10 Å². The highest BCUT2D eigenvalue weighted by molar-refractivity contribution is 5.98. The summed E-state index contributed by atoms with van der Waals surface area (Å²) in [5.74, 6) is 1.10. The molecule has 2 atom stereocenters. The molecule has 2 aliphatic heterocycles. The fourth-order valence-corrected chi connectivity index (χ4v) is 3.02. The second-order valence-corrected chi connectivity index (χ2v) is 6.17. The average molecular weight is 320 g/mol. The van der Waals surface area contributed by atoms with Crippen LogP contribution < -0.4 is 20.1 Å². The molecule has 0 saturated carbocycles. The zero-order chi connectivity index (χ0) is 16.2. The summed E-state index contributed by atoms with van der Waals surface area (Å²) in [7, 11) is 0. The fourth-order valence-electron chi connectivity index (χ4n) is 3.02. The van der Waals surface area contributed by atoms with Crippen molar-refractivity contribution in [1.82, 2.24) is 10.6 Å². The maximum Gasteiger partial charge on any atom is 0.255 e. The molecule has 1 saturated heterocycles. The molecular weight excluding hydrogens is 296 g/mol. The van der Waals surface area contributed by atoms with Crippen LogP contribution in [0.25, 0.3) is 0 Å². The first-order chi connectivity index (χ1) is 11.2. The number of nitrogens with one attached hydrogen (secondary N) is 2.